The number of hydrogen-bond donors (Lipinski definition) is 2. The van der Waals surface area contributed by atoms with E-state index in [1.807, 2.05) is 4.90 Å². The van der Waals surface area contributed by atoms with E-state index in [0.29, 0.717) is 44.0 Å². The maximum atomic E-state index is 14.3. The fourth-order valence-electron chi connectivity index (χ4n) is 3.19. The molecule has 2 aromatic carbocycles. The number of halogens is 1. The van der Waals surface area contributed by atoms with Gasteiger partial charge in [0.1, 0.15) is 5.82 Å². The van der Waals surface area contributed by atoms with Crippen LogP contribution in [0.2, 0.25) is 0 Å². The summed E-state index contributed by atoms with van der Waals surface area (Å²) in [6, 6.07) is 10.5. The third kappa shape index (κ3) is 4.90. The second-order valence-corrected chi connectivity index (χ2v) is 6.86. The van der Waals surface area contributed by atoms with Crippen molar-refractivity contribution < 1.29 is 23.9 Å². The van der Waals surface area contributed by atoms with Gasteiger partial charge in [0.15, 0.2) is 5.78 Å². The summed E-state index contributed by atoms with van der Waals surface area (Å²) in [4.78, 5) is 38.1. The molecule has 2 amide bonds. The number of ketones is 1. The van der Waals surface area contributed by atoms with Crippen LogP contribution in [0, 0.1) is 5.82 Å². The van der Waals surface area contributed by atoms with E-state index in [0.717, 1.165) is 5.56 Å². The second-order valence-electron chi connectivity index (χ2n) is 6.86. The maximum Gasteiger partial charge on any atom is 0.335 e. The van der Waals surface area contributed by atoms with E-state index in [-0.39, 0.29) is 17.4 Å². The highest BCUT2D eigenvalue weighted by molar-refractivity contribution is 5.94. The average molecular weight is 399 g/mol. The Morgan fingerprint density at radius 2 is 1.62 bits per heavy atom. The van der Waals surface area contributed by atoms with E-state index in [9.17, 15) is 18.8 Å². The van der Waals surface area contributed by atoms with Crippen LogP contribution >= 0.6 is 0 Å². The van der Waals surface area contributed by atoms with Crippen LogP contribution in [0.1, 0.15) is 33.2 Å². The summed E-state index contributed by atoms with van der Waals surface area (Å²) in [5.41, 5.74) is 1.75. The summed E-state index contributed by atoms with van der Waals surface area (Å²) in [5.74, 6) is -1.62. The van der Waals surface area contributed by atoms with Gasteiger partial charge in [0.05, 0.1) is 11.3 Å². The Morgan fingerprint density at radius 3 is 2.17 bits per heavy atom. The number of hydrogen-bond acceptors (Lipinski definition) is 4. The number of Topliss-reactive ketones (excluding diaryl/α,β-unsaturated/α-hetero) is 1. The number of anilines is 1. The van der Waals surface area contributed by atoms with Crippen LogP contribution in [0.3, 0.4) is 0 Å². The molecule has 152 valence electrons. The molecule has 8 heteroatoms. The van der Waals surface area contributed by atoms with Gasteiger partial charge in [0.25, 0.3) is 0 Å². The summed E-state index contributed by atoms with van der Waals surface area (Å²) < 4.78 is 14.3. The van der Waals surface area contributed by atoms with Crippen molar-refractivity contribution in [1.82, 2.24) is 10.2 Å². The minimum Gasteiger partial charge on any atom is -0.478 e. The number of carbonyl (C=O) groups excluding carboxylic acids is 2. The molecule has 1 aliphatic rings. The Kier molecular flexibility index (Phi) is 6.11. The second kappa shape index (κ2) is 8.72. The van der Waals surface area contributed by atoms with Crippen LogP contribution in [0.15, 0.2) is 42.5 Å². The van der Waals surface area contributed by atoms with Crippen molar-refractivity contribution in [2.24, 2.45) is 0 Å². The number of piperazine rings is 1. The van der Waals surface area contributed by atoms with E-state index in [2.05, 4.69) is 5.32 Å². The van der Waals surface area contributed by atoms with E-state index >= 15 is 0 Å². The monoisotopic (exact) mass is 399 g/mol. The Labute approximate surface area is 167 Å². The summed E-state index contributed by atoms with van der Waals surface area (Å²) in [7, 11) is 0. The van der Waals surface area contributed by atoms with Gasteiger partial charge >= 0.3 is 12.0 Å². The predicted octanol–water partition coefficient (Wildman–Crippen LogP) is 2.76. The largest absolute Gasteiger partial charge is 0.478 e. The molecule has 0 bridgehead atoms. The van der Waals surface area contributed by atoms with Crippen molar-refractivity contribution >= 4 is 23.5 Å². The molecule has 2 N–H and O–H groups in total. The lowest BCUT2D eigenvalue weighted by molar-refractivity contribution is 0.0696. The van der Waals surface area contributed by atoms with Gasteiger partial charge in [-0.2, -0.15) is 0 Å². The van der Waals surface area contributed by atoms with Crippen LogP contribution in [0.4, 0.5) is 14.9 Å². The van der Waals surface area contributed by atoms with E-state index in [1.165, 1.54) is 25.1 Å². The molecule has 1 saturated heterocycles. The molecule has 0 spiro atoms. The minimum absolute atomic E-state index is 0.186. The Balaban J connectivity index is 1.51. The summed E-state index contributed by atoms with van der Waals surface area (Å²) >= 11 is 0. The first-order chi connectivity index (χ1) is 13.8. The highest BCUT2D eigenvalue weighted by Crippen LogP contribution is 2.22. The molecule has 0 atom stereocenters. The lowest BCUT2D eigenvalue weighted by atomic mass is 10.1. The molecule has 0 unspecified atom stereocenters. The van der Waals surface area contributed by atoms with E-state index in [1.54, 1.807) is 29.2 Å². The van der Waals surface area contributed by atoms with Gasteiger partial charge in [0.2, 0.25) is 0 Å². The summed E-state index contributed by atoms with van der Waals surface area (Å²) in [6.07, 6.45) is 0. The predicted molar refractivity (Wildman–Crippen MR) is 106 cm³/mol. The fourth-order valence-corrected chi connectivity index (χ4v) is 3.19. The molecule has 7 nitrogen and oxygen atoms in total. The fraction of sp³-hybridized carbons (Fsp3) is 0.286. The number of carbonyl (C=O) groups is 3. The highest BCUT2D eigenvalue weighted by Gasteiger charge is 2.23. The number of rotatable bonds is 5. The highest BCUT2D eigenvalue weighted by atomic mass is 19.1. The molecule has 0 saturated carbocycles. The SMILES string of the molecule is CC(=O)c1ccc(N2CCN(C(=O)NCc3ccc(C(=O)O)cc3)CC2)c(F)c1. The van der Waals surface area contributed by atoms with Crippen LogP contribution in [-0.2, 0) is 6.54 Å². The molecule has 0 aliphatic carbocycles. The van der Waals surface area contributed by atoms with Gasteiger partial charge in [-0.3, -0.25) is 4.79 Å². The average Bonchev–Trinajstić information content (AvgIpc) is 2.72. The van der Waals surface area contributed by atoms with Gasteiger partial charge in [-0.15, -0.1) is 0 Å². The summed E-state index contributed by atoms with van der Waals surface area (Å²) in [5, 5.41) is 11.7. The Bertz CT molecular complexity index is 922. The van der Waals surface area contributed by atoms with Crippen LogP contribution in [0.25, 0.3) is 0 Å². The minimum atomic E-state index is -0.995. The van der Waals surface area contributed by atoms with Crippen molar-refractivity contribution in [2.75, 3.05) is 31.1 Å². The first-order valence-electron chi connectivity index (χ1n) is 9.25. The molecule has 2 aromatic rings. The number of aromatic carboxylic acids is 1. The van der Waals surface area contributed by atoms with Gasteiger partial charge in [-0.1, -0.05) is 12.1 Å². The maximum absolute atomic E-state index is 14.3. The molecule has 29 heavy (non-hydrogen) atoms. The zero-order valence-electron chi connectivity index (χ0n) is 16.0. The molecule has 0 radical (unpaired) electrons. The third-order valence-electron chi connectivity index (χ3n) is 4.91. The molecule has 3 rings (SSSR count). The standard InChI is InChI=1S/C21H22FN3O4/c1-14(26)17-6-7-19(18(22)12-17)24-8-10-25(11-9-24)21(29)23-13-15-2-4-16(5-3-15)20(27)28/h2-7,12H,8-11,13H2,1H3,(H,23,29)(H,27,28). The molecular weight excluding hydrogens is 377 g/mol. The van der Waals surface area contributed by atoms with Gasteiger partial charge < -0.3 is 20.2 Å². The third-order valence-corrected chi connectivity index (χ3v) is 4.91. The van der Waals surface area contributed by atoms with Crippen molar-refractivity contribution in [1.29, 1.82) is 0 Å². The van der Waals surface area contributed by atoms with Crippen LogP contribution < -0.4 is 10.2 Å². The van der Waals surface area contributed by atoms with Gasteiger partial charge in [-0.05, 0) is 42.8 Å². The van der Waals surface area contributed by atoms with Gasteiger partial charge in [-0.25, -0.2) is 14.0 Å². The number of nitrogens with one attached hydrogen (secondary N) is 1. The number of amides is 2. The van der Waals surface area contributed by atoms with E-state index in [4.69, 9.17) is 5.11 Å². The lowest BCUT2D eigenvalue weighted by Gasteiger charge is -2.36. The first kappa shape index (κ1) is 20.3. The smallest absolute Gasteiger partial charge is 0.335 e. The first-order valence-corrected chi connectivity index (χ1v) is 9.25. The zero-order chi connectivity index (χ0) is 21.0. The Morgan fingerprint density at radius 1 is 1.00 bits per heavy atom. The van der Waals surface area contributed by atoms with E-state index < -0.39 is 11.8 Å². The number of nitrogens with zero attached hydrogens (tertiary/aromatic N) is 2. The normalized spacial score (nSPS) is 13.9. The Hall–Kier alpha value is -3.42. The number of urea groups is 1. The number of benzene rings is 2. The quantitative estimate of drug-likeness (QED) is 0.755. The van der Waals surface area contributed by atoms with Crippen LogP contribution in [-0.4, -0.2) is 54.0 Å². The number of carboxylic acid groups (broad SMARTS) is 1. The molecule has 1 aliphatic heterocycles. The topological polar surface area (TPSA) is 90.0 Å². The lowest BCUT2D eigenvalue weighted by Crippen LogP contribution is -2.51. The number of carboxylic acids is 1. The van der Waals surface area contributed by atoms with Crippen molar-refractivity contribution in [2.45, 2.75) is 13.5 Å². The van der Waals surface area contributed by atoms with Crippen molar-refractivity contribution in [3.05, 3.63) is 65.0 Å². The van der Waals surface area contributed by atoms with Gasteiger partial charge in [0, 0.05) is 38.3 Å². The van der Waals surface area contributed by atoms with Crippen LogP contribution in [0.5, 0.6) is 0 Å². The van der Waals surface area contributed by atoms with Crippen molar-refractivity contribution in [3.63, 3.8) is 0 Å². The molecule has 1 heterocycles. The molecule has 1 fully saturated rings. The molecule has 0 aromatic heterocycles. The molecular formula is C21H22FN3O4. The summed E-state index contributed by atoms with van der Waals surface area (Å²) in [6.45, 7) is 3.54. The zero-order valence-corrected chi connectivity index (χ0v) is 16.0. The van der Waals surface area contributed by atoms with Crippen molar-refractivity contribution in [3.8, 4) is 0 Å².